The van der Waals surface area contributed by atoms with Crippen LogP contribution in [0.3, 0.4) is 0 Å². The van der Waals surface area contributed by atoms with E-state index >= 15 is 0 Å². The summed E-state index contributed by atoms with van der Waals surface area (Å²) in [6, 6.07) is 9.75. The number of hydrogen-bond donors (Lipinski definition) is 2. The van der Waals surface area contributed by atoms with E-state index in [0.717, 1.165) is 40.8 Å². The van der Waals surface area contributed by atoms with Gasteiger partial charge in [0.25, 0.3) is 0 Å². The second-order valence-corrected chi connectivity index (χ2v) is 6.21. The van der Waals surface area contributed by atoms with Gasteiger partial charge >= 0.3 is 0 Å². The van der Waals surface area contributed by atoms with Crippen molar-refractivity contribution in [1.82, 2.24) is 5.32 Å². The summed E-state index contributed by atoms with van der Waals surface area (Å²) >= 11 is 7.11. The Morgan fingerprint density at radius 3 is 2.91 bits per heavy atom. The Kier molecular flexibility index (Phi) is 6.61. The Morgan fingerprint density at radius 2 is 2.23 bits per heavy atom. The lowest BCUT2D eigenvalue weighted by Gasteiger charge is -2.13. The van der Waals surface area contributed by atoms with Crippen molar-refractivity contribution in [3.05, 3.63) is 47.9 Å². The number of thiocarbonyl (C=S) groups is 1. The summed E-state index contributed by atoms with van der Waals surface area (Å²) in [5, 5.41) is 7.04. The molecule has 2 rings (SSSR count). The van der Waals surface area contributed by atoms with E-state index < -0.39 is 0 Å². The summed E-state index contributed by atoms with van der Waals surface area (Å²) in [7, 11) is 1.66. The minimum absolute atomic E-state index is 0.631. The fourth-order valence-corrected chi connectivity index (χ4v) is 2.84. The van der Waals surface area contributed by atoms with Gasteiger partial charge in [0, 0.05) is 18.0 Å². The standard InChI is InChI=1S/C16H20N2O2S2/c1-12-10-13(19-2)5-6-15(12)18-16(21)17-7-9-22-11-14-4-3-8-20-14/h3-6,8,10H,7,9,11H2,1-2H3,(H2,17,18,21). The number of anilines is 1. The van der Waals surface area contributed by atoms with Crippen LogP contribution in [0.4, 0.5) is 5.69 Å². The van der Waals surface area contributed by atoms with Gasteiger partial charge in [-0.2, -0.15) is 11.8 Å². The molecule has 0 saturated carbocycles. The highest BCUT2D eigenvalue weighted by Gasteiger charge is 2.03. The van der Waals surface area contributed by atoms with Crippen LogP contribution in [-0.2, 0) is 5.75 Å². The number of thioether (sulfide) groups is 1. The molecule has 0 amide bonds. The molecule has 0 aliphatic heterocycles. The summed E-state index contributed by atoms with van der Waals surface area (Å²) < 4.78 is 10.5. The van der Waals surface area contributed by atoms with E-state index in [1.54, 1.807) is 13.4 Å². The SMILES string of the molecule is COc1ccc(NC(=S)NCCSCc2ccco2)c(C)c1. The Hall–Kier alpha value is -1.66. The van der Waals surface area contributed by atoms with Crippen molar-refractivity contribution >= 4 is 34.8 Å². The molecule has 1 aromatic carbocycles. The fourth-order valence-electron chi connectivity index (χ4n) is 1.87. The van der Waals surface area contributed by atoms with Gasteiger partial charge in [-0.3, -0.25) is 0 Å². The normalized spacial score (nSPS) is 10.3. The van der Waals surface area contributed by atoms with Gasteiger partial charge in [-0.25, -0.2) is 0 Å². The van der Waals surface area contributed by atoms with Crippen molar-refractivity contribution in [3.63, 3.8) is 0 Å². The van der Waals surface area contributed by atoms with E-state index in [1.165, 1.54) is 0 Å². The molecule has 0 spiro atoms. The van der Waals surface area contributed by atoms with Gasteiger partial charge in [0.2, 0.25) is 0 Å². The zero-order valence-electron chi connectivity index (χ0n) is 12.7. The van der Waals surface area contributed by atoms with Crippen LogP contribution in [0.1, 0.15) is 11.3 Å². The number of ether oxygens (including phenoxy) is 1. The minimum atomic E-state index is 0.631. The lowest BCUT2D eigenvalue weighted by atomic mass is 10.2. The van der Waals surface area contributed by atoms with Crippen molar-refractivity contribution in [2.45, 2.75) is 12.7 Å². The average molecular weight is 336 g/mol. The third kappa shape index (κ3) is 5.27. The van der Waals surface area contributed by atoms with Gasteiger partial charge in [-0.15, -0.1) is 0 Å². The molecule has 2 aromatic rings. The molecule has 0 aliphatic rings. The smallest absolute Gasteiger partial charge is 0.170 e. The second kappa shape index (κ2) is 8.70. The van der Waals surface area contributed by atoms with Crippen LogP contribution in [0.15, 0.2) is 41.0 Å². The molecular weight excluding hydrogens is 316 g/mol. The van der Waals surface area contributed by atoms with Gasteiger partial charge in [0.1, 0.15) is 11.5 Å². The largest absolute Gasteiger partial charge is 0.497 e. The first-order chi connectivity index (χ1) is 10.7. The Morgan fingerprint density at radius 1 is 1.36 bits per heavy atom. The quantitative estimate of drug-likeness (QED) is 0.592. The van der Waals surface area contributed by atoms with Crippen LogP contribution in [-0.4, -0.2) is 24.5 Å². The number of rotatable bonds is 7. The van der Waals surface area contributed by atoms with Gasteiger partial charge < -0.3 is 19.8 Å². The lowest BCUT2D eigenvalue weighted by Crippen LogP contribution is -2.30. The van der Waals surface area contributed by atoms with Gasteiger partial charge in [-0.1, -0.05) is 0 Å². The summed E-state index contributed by atoms with van der Waals surface area (Å²) in [6.45, 7) is 2.83. The zero-order valence-corrected chi connectivity index (χ0v) is 14.4. The third-order valence-corrected chi connectivity index (χ3v) is 4.27. The lowest BCUT2D eigenvalue weighted by molar-refractivity contribution is 0.414. The summed E-state index contributed by atoms with van der Waals surface area (Å²) in [5.74, 6) is 3.69. The third-order valence-electron chi connectivity index (χ3n) is 3.04. The fraction of sp³-hybridized carbons (Fsp3) is 0.312. The molecule has 1 heterocycles. The van der Waals surface area contributed by atoms with Crippen LogP contribution >= 0.6 is 24.0 Å². The van der Waals surface area contributed by atoms with Gasteiger partial charge in [-0.05, 0) is 55.0 Å². The average Bonchev–Trinajstić information content (AvgIpc) is 3.02. The molecule has 22 heavy (non-hydrogen) atoms. The predicted molar refractivity (Wildman–Crippen MR) is 96.8 cm³/mol. The van der Waals surface area contributed by atoms with Gasteiger partial charge in [0.05, 0.1) is 19.1 Å². The van der Waals surface area contributed by atoms with E-state index in [1.807, 2.05) is 49.0 Å². The number of aryl methyl sites for hydroxylation is 1. The molecule has 4 nitrogen and oxygen atoms in total. The molecule has 0 saturated heterocycles. The molecule has 0 unspecified atom stereocenters. The van der Waals surface area contributed by atoms with Crippen LogP contribution in [0.5, 0.6) is 5.75 Å². The molecule has 118 valence electrons. The maximum atomic E-state index is 5.30. The van der Waals surface area contributed by atoms with E-state index in [9.17, 15) is 0 Å². The maximum absolute atomic E-state index is 5.30. The molecule has 2 N–H and O–H groups in total. The van der Waals surface area contributed by atoms with Crippen LogP contribution in [0.2, 0.25) is 0 Å². The van der Waals surface area contributed by atoms with Crippen LogP contribution in [0.25, 0.3) is 0 Å². The minimum Gasteiger partial charge on any atom is -0.497 e. The molecule has 0 bridgehead atoms. The number of furan rings is 1. The van der Waals surface area contributed by atoms with E-state index in [2.05, 4.69) is 10.6 Å². The molecular formula is C16H20N2O2S2. The first-order valence-corrected chi connectivity index (χ1v) is 8.55. The Balaban J connectivity index is 1.67. The monoisotopic (exact) mass is 336 g/mol. The topological polar surface area (TPSA) is 46.4 Å². The van der Waals surface area contributed by atoms with Crippen molar-refractivity contribution in [2.24, 2.45) is 0 Å². The van der Waals surface area contributed by atoms with Crippen molar-refractivity contribution in [2.75, 3.05) is 24.7 Å². The highest BCUT2D eigenvalue weighted by atomic mass is 32.2. The molecule has 1 aromatic heterocycles. The van der Waals surface area contributed by atoms with Gasteiger partial charge in [0.15, 0.2) is 5.11 Å². The second-order valence-electron chi connectivity index (χ2n) is 4.69. The first-order valence-electron chi connectivity index (χ1n) is 6.98. The van der Waals surface area contributed by atoms with Crippen LogP contribution in [0, 0.1) is 6.92 Å². The summed E-state index contributed by atoms with van der Waals surface area (Å²) in [5.41, 5.74) is 2.08. The van der Waals surface area contributed by atoms with E-state index in [-0.39, 0.29) is 0 Å². The highest BCUT2D eigenvalue weighted by Crippen LogP contribution is 2.20. The van der Waals surface area contributed by atoms with E-state index in [0.29, 0.717) is 5.11 Å². The number of methoxy groups -OCH3 is 1. The highest BCUT2D eigenvalue weighted by molar-refractivity contribution is 7.98. The number of hydrogen-bond acceptors (Lipinski definition) is 4. The number of nitrogens with one attached hydrogen (secondary N) is 2. The Labute approximate surface area is 140 Å². The molecule has 0 atom stereocenters. The van der Waals surface area contributed by atoms with Crippen molar-refractivity contribution in [3.8, 4) is 5.75 Å². The molecule has 6 heteroatoms. The van der Waals surface area contributed by atoms with E-state index in [4.69, 9.17) is 21.4 Å². The molecule has 0 aliphatic carbocycles. The first kappa shape index (κ1) is 16.7. The number of benzene rings is 1. The maximum Gasteiger partial charge on any atom is 0.170 e. The molecule has 0 radical (unpaired) electrons. The summed E-state index contributed by atoms with van der Waals surface area (Å²) in [4.78, 5) is 0. The van der Waals surface area contributed by atoms with Crippen molar-refractivity contribution in [1.29, 1.82) is 0 Å². The predicted octanol–water partition coefficient (Wildman–Crippen LogP) is 3.82. The molecule has 0 fully saturated rings. The summed E-state index contributed by atoms with van der Waals surface area (Å²) in [6.07, 6.45) is 1.70. The Bertz CT molecular complexity index is 600. The zero-order chi connectivity index (χ0) is 15.8. The van der Waals surface area contributed by atoms with Crippen molar-refractivity contribution < 1.29 is 9.15 Å². The van der Waals surface area contributed by atoms with Crippen LogP contribution < -0.4 is 15.4 Å².